The number of fused-ring (bicyclic) bond motifs is 1. The summed E-state index contributed by atoms with van der Waals surface area (Å²) in [5.74, 6) is 8.26. The summed E-state index contributed by atoms with van der Waals surface area (Å²) in [4.78, 5) is 11.0. The van der Waals surface area contributed by atoms with E-state index in [0.29, 0.717) is 11.6 Å². The molecule has 4 heteroatoms. The molecule has 0 bridgehead atoms. The molecule has 3 heterocycles. The molecule has 3 aliphatic rings. The van der Waals surface area contributed by atoms with Gasteiger partial charge in [-0.1, -0.05) is 12.0 Å². The molecular weight excluding hydrogens is 272 g/mol. The first kappa shape index (κ1) is 13.1. The smallest absolute Gasteiger partial charge is 0.125 e. The van der Waals surface area contributed by atoms with Gasteiger partial charge in [-0.15, -0.1) is 0 Å². The maximum atomic E-state index is 9.02. The number of hydrogen-bond donors (Lipinski definition) is 0. The van der Waals surface area contributed by atoms with E-state index in [1.165, 1.54) is 6.42 Å². The molecule has 0 radical (unpaired) electrons. The molecule has 1 aliphatic carbocycles. The summed E-state index contributed by atoms with van der Waals surface area (Å²) >= 11 is 0. The largest absolute Gasteiger partial charge is 0.355 e. The molecule has 2 unspecified atom stereocenters. The number of allylic oxidation sites excluding steroid dienone is 1. The fourth-order valence-corrected chi connectivity index (χ4v) is 3.34. The number of likely N-dealkylation sites (tertiary alicyclic amines) is 1. The van der Waals surface area contributed by atoms with Crippen LogP contribution in [-0.2, 0) is 0 Å². The zero-order valence-corrected chi connectivity index (χ0v) is 12.3. The molecule has 108 valence electrons. The van der Waals surface area contributed by atoms with Gasteiger partial charge in [-0.2, -0.15) is 5.26 Å². The summed E-state index contributed by atoms with van der Waals surface area (Å²) < 4.78 is 0. The first-order valence-corrected chi connectivity index (χ1v) is 7.66. The van der Waals surface area contributed by atoms with Crippen molar-refractivity contribution in [3.8, 4) is 17.9 Å². The monoisotopic (exact) mass is 288 g/mol. The third kappa shape index (κ3) is 2.27. The van der Waals surface area contributed by atoms with Crippen molar-refractivity contribution in [3.63, 3.8) is 0 Å². The van der Waals surface area contributed by atoms with E-state index in [1.54, 1.807) is 6.20 Å². The average molecular weight is 288 g/mol. The van der Waals surface area contributed by atoms with Gasteiger partial charge in [-0.05, 0) is 42.9 Å². The molecule has 0 spiro atoms. The molecule has 1 saturated carbocycles. The van der Waals surface area contributed by atoms with E-state index < -0.39 is 0 Å². The summed E-state index contributed by atoms with van der Waals surface area (Å²) in [6.45, 7) is 1.93. The minimum Gasteiger partial charge on any atom is -0.355 e. The normalized spacial score (nSPS) is 28.7. The Labute approximate surface area is 130 Å². The second-order valence-corrected chi connectivity index (χ2v) is 6.17. The molecule has 2 aliphatic heterocycles. The van der Waals surface area contributed by atoms with Crippen molar-refractivity contribution in [1.82, 2.24) is 9.88 Å². The third-order valence-corrected chi connectivity index (χ3v) is 4.66. The van der Waals surface area contributed by atoms with E-state index in [0.717, 1.165) is 37.4 Å². The van der Waals surface area contributed by atoms with Gasteiger partial charge in [-0.3, -0.25) is 0 Å². The van der Waals surface area contributed by atoms with E-state index >= 15 is 0 Å². The predicted octanol–water partition coefficient (Wildman–Crippen LogP) is 2.35. The quantitative estimate of drug-likeness (QED) is 0.745. The number of pyridine rings is 1. The SMILES string of the molecule is N#CC1=NC(N2CC3CC3(C#Cc3ccccn3)C2)=CCC1. The molecule has 4 nitrogen and oxygen atoms in total. The first-order valence-electron chi connectivity index (χ1n) is 7.66. The van der Waals surface area contributed by atoms with Crippen LogP contribution in [0.4, 0.5) is 0 Å². The zero-order chi connectivity index (χ0) is 15.0. The Bertz CT molecular complexity index is 760. The highest BCUT2D eigenvalue weighted by Gasteiger charge is 2.59. The second-order valence-electron chi connectivity index (χ2n) is 6.17. The number of hydrogen-bond acceptors (Lipinski definition) is 4. The number of nitriles is 1. The van der Waals surface area contributed by atoms with Crippen LogP contribution in [0, 0.1) is 34.5 Å². The van der Waals surface area contributed by atoms with Gasteiger partial charge in [0.05, 0.1) is 5.41 Å². The van der Waals surface area contributed by atoms with Crippen LogP contribution < -0.4 is 0 Å². The maximum Gasteiger partial charge on any atom is 0.125 e. The van der Waals surface area contributed by atoms with Gasteiger partial charge in [-0.25, -0.2) is 9.98 Å². The van der Waals surface area contributed by atoms with Crippen molar-refractivity contribution < 1.29 is 0 Å². The van der Waals surface area contributed by atoms with Crippen molar-refractivity contribution in [2.75, 3.05) is 13.1 Å². The topological polar surface area (TPSA) is 52.3 Å². The van der Waals surface area contributed by atoms with Gasteiger partial charge in [0.15, 0.2) is 0 Å². The Balaban J connectivity index is 1.50. The highest BCUT2D eigenvalue weighted by molar-refractivity contribution is 5.99. The molecule has 2 fully saturated rings. The molecule has 0 amide bonds. The standard InChI is InChI=1S/C18H16N4/c19-11-16-5-3-6-17(21-16)22-12-14-10-18(14,13-22)8-7-15-4-1-2-9-20-15/h1-2,4,6,9,14H,3,5,10,12-13H2. The lowest BCUT2D eigenvalue weighted by Crippen LogP contribution is -2.25. The lowest BCUT2D eigenvalue weighted by Gasteiger charge is -2.23. The van der Waals surface area contributed by atoms with Gasteiger partial charge >= 0.3 is 0 Å². The Kier molecular flexibility index (Phi) is 2.98. The molecule has 22 heavy (non-hydrogen) atoms. The van der Waals surface area contributed by atoms with Crippen LogP contribution in [0.15, 0.2) is 41.3 Å². The summed E-state index contributed by atoms with van der Waals surface area (Å²) in [5.41, 5.74) is 1.59. The molecule has 1 aromatic rings. The third-order valence-electron chi connectivity index (χ3n) is 4.66. The Hall–Kier alpha value is -2.59. The average Bonchev–Trinajstić information content (AvgIpc) is 3.14. The molecule has 1 saturated heterocycles. The van der Waals surface area contributed by atoms with Gasteiger partial charge < -0.3 is 4.90 Å². The number of piperidine rings is 1. The number of aliphatic imine (C=N–C) groups is 1. The number of nitrogens with zero attached hydrogens (tertiary/aromatic N) is 4. The van der Waals surface area contributed by atoms with E-state index in [4.69, 9.17) is 5.26 Å². The van der Waals surface area contributed by atoms with Crippen LogP contribution in [0.25, 0.3) is 0 Å². The van der Waals surface area contributed by atoms with Crippen LogP contribution in [-0.4, -0.2) is 28.7 Å². The van der Waals surface area contributed by atoms with Crippen molar-refractivity contribution >= 4 is 5.71 Å². The van der Waals surface area contributed by atoms with Crippen LogP contribution in [0.2, 0.25) is 0 Å². The lowest BCUT2D eigenvalue weighted by molar-refractivity contribution is 0.362. The molecule has 4 rings (SSSR count). The van der Waals surface area contributed by atoms with Gasteiger partial charge in [0, 0.05) is 25.7 Å². The maximum absolute atomic E-state index is 9.02. The second kappa shape index (κ2) is 5.00. The highest BCUT2D eigenvalue weighted by atomic mass is 15.3. The Morgan fingerprint density at radius 1 is 1.36 bits per heavy atom. The highest BCUT2D eigenvalue weighted by Crippen LogP contribution is 2.58. The molecular formula is C18H16N4. The molecule has 0 aromatic carbocycles. The minimum atomic E-state index is 0.109. The van der Waals surface area contributed by atoms with Crippen molar-refractivity contribution in [2.45, 2.75) is 19.3 Å². The minimum absolute atomic E-state index is 0.109. The summed E-state index contributed by atoms with van der Waals surface area (Å²) in [6, 6.07) is 7.99. The first-order chi connectivity index (χ1) is 10.8. The molecule has 2 atom stereocenters. The van der Waals surface area contributed by atoms with E-state index in [-0.39, 0.29) is 5.41 Å². The van der Waals surface area contributed by atoms with Gasteiger partial charge in [0.2, 0.25) is 0 Å². The van der Waals surface area contributed by atoms with E-state index in [2.05, 4.69) is 38.9 Å². The Morgan fingerprint density at radius 2 is 2.32 bits per heavy atom. The van der Waals surface area contributed by atoms with Crippen LogP contribution in [0.1, 0.15) is 25.0 Å². The van der Waals surface area contributed by atoms with Crippen molar-refractivity contribution in [2.24, 2.45) is 16.3 Å². The Morgan fingerprint density at radius 3 is 3.14 bits per heavy atom. The predicted molar refractivity (Wildman–Crippen MR) is 83.6 cm³/mol. The van der Waals surface area contributed by atoms with Crippen LogP contribution >= 0.6 is 0 Å². The van der Waals surface area contributed by atoms with Gasteiger partial charge in [0.25, 0.3) is 0 Å². The number of aromatic nitrogens is 1. The van der Waals surface area contributed by atoms with Crippen molar-refractivity contribution in [1.29, 1.82) is 5.26 Å². The zero-order valence-electron chi connectivity index (χ0n) is 12.3. The number of rotatable bonds is 1. The summed E-state index contributed by atoms with van der Waals surface area (Å²) in [6.07, 6.45) is 6.77. The van der Waals surface area contributed by atoms with E-state index in [1.807, 2.05) is 18.2 Å². The summed E-state index contributed by atoms with van der Waals surface area (Å²) in [7, 11) is 0. The molecule has 0 N–H and O–H groups in total. The van der Waals surface area contributed by atoms with Crippen LogP contribution in [0.5, 0.6) is 0 Å². The van der Waals surface area contributed by atoms with Gasteiger partial charge in [0.1, 0.15) is 23.3 Å². The molecule has 1 aromatic heterocycles. The fourth-order valence-electron chi connectivity index (χ4n) is 3.34. The summed E-state index contributed by atoms with van der Waals surface area (Å²) in [5, 5.41) is 9.02. The van der Waals surface area contributed by atoms with Crippen LogP contribution in [0.3, 0.4) is 0 Å². The fraction of sp³-hybridized carbons (Fsp3) is 0.389. The lowest BCUT2D eigenvalue weighted by atomic mass is 10.1. The van der Waals surface area contributed by atoms with Crippen molar-refractivity contribution in [3.05, 3.63) is 42.0 Å². The van der Waals surface area contributed by atoms with E-state index in [9.17, 15) is 0 Å².